The molecule has 3 amide bonds. The smallest absolute Gasteiger partial charge is 0.255 e. The zero-order valence-electron chi connectivity index (χ0n) is 15.9. The van der Waals surface area contributed by atoms with Crippen molar-refractivity contribution in [2.24, 2.45) is 5.92 Å². The number of nitrogens with zero attached hydrogens (tertiary/aromatic N) is 1. The molecule has 4 atom stereocenters. The van der Waals surface area contributed by atoms with Gasteiger partial charge in [0.05, 0.1) is 0 Å². The second-order valence-electron chi connectivity index (χ2n) is 8.61. The van der Waals surface area contributed by atoms with Gasteiger partial charge in [-0.2, -0.15) is 0 Å². The van der Waals surface area contributed by atoms with Crippen LogP contribution in [-0.4, -0.2) is 47.3 Å². The van der Waals surface area contributed by atoms with E-state index in [1.54, 1.807) is 4.90 Å². The quantitative estimate of drug-likeness (QED) is 0.666. The molecular formula is C21H26N4O3. The van der Waals surface area contributed by atoms with Gasteiger partial charge in [-0.15, -0.1) is 0 Å². The summed E-state index contributed by atoms with van der Waals surface area (Å²) in [7, 11) is 0. The highest BCUT2D eigenvalue weighted by atomic mass is 16.2. The second kappa shape index (κ2) is 6.97. The monoisotopic (exact) mass is 382 g/mol. The van der Waals surface area contributed by atoms with Crippen LogP contribution in [0.5, 0.6) is 0 Å². The van der Waals surface area contributed by atoms with E-state index in [-0.39, 0.29) is 24.1 Å². The standard InChI is InChI=1S/C21H26N4O3/c26-18-5-4-17(20(27)24-18)25-11-14-3-1-2-13(19(14)21(25)28)10-23-16-7-12-6-15(8-16)22-9-12/h1-3,12,15-17,22-23H,4-11H2,(H,24,26,27). The number of fused-ring (bicyclic) bond motifs is 3. The van der Waals surface area contributed by atoms with Crippen molar-refractivity contribution in [2.75, 3.05) is 6.54 Å². The molecule has 0 aromatic heterocycles. The maximum Gasteiger partial charge on any atom is 0.255 e. The van der Waals surface area contributed by atoms with Gasteiger partial charge in [0.2, 0.25) is 11.8 Å². The van der Waals surface area contributed by atoms with Crippen molar-refractivity contribution in [1.29, 1.82) is 0 Å². The Morgan fingerprint density at radius 2 is 2.04 bits per heavy atom. The number of hydrogen-bond donors (Lipinski definition) is 3. The van der Waals surface area contributed by atoms with Crippen molar-refractivity contribution in [3.05, 3.63) is 34.9 Å². The zero-order chi connectivity index (χ0) is 19.3. The summed E-state index contributed by atoms with van der Waals surface area (Å²) in [6.45, 7) is 2.23. The lowest BCUT2D eigenvalue weighted by molar-refractivity contribution is -0.136. The van der Waals surface area contributed by atoms with Crippen LogP contribution in [0, 0.1) is 5.92 Å². The molecule has 5 rings (SSSR count). The third-order valence-corrected chi connectivity index (χ3v) is 6.72. The highest BCUT2D eigenvalue weighted by molar-refractivity contribution is 6.05. The Hall–Kier alpha value is -2.25. The Bertz CT molecular complexity index is 827. The van der Waals surface area contributed by atoms with Gasteiger partial charge in [-0.25, -0.2) is 0 Å². The minimum Gasteiger partial charge on any atom is -0.322 e. The van der Waals surface area contributed by atoms with E-state index in [0.29, 0.717) is 31.6 Å². The Labute approximate surface area is 164 Å². The highest BCUT2D eigenvalue weighted by Crippen LogP contribution is 2.32. The van der Waals surface area contributed by atoms with Crippen LogP contribution in [0.15, 0.2) is 18.2 Å². The molecule has 1 aromatic carbocycles. The predicted octanol–water partition coefficient (Wildman–Crippen LogP) is 0.678. The van der Waals surface area contributed by atoms with E-state index in [1.165, 1.54) is 12.8 Å². The summed E-state index contributed by atoms with van der Waals surface area (Å²) < 4.78 is 0. The van der Waals surface area contributed by atoms with Gasteiger partial charge in [0, 0.05) is 37.2 Å². The van der Waals surface area contributed by atoms with Gasteiger partial charge in [-0.05, 0) is 49.3 Å². The van der Waals surface area contributed by atoms with Crippen molar-refractivity contribution in [2.45, 2.75) is 63.3 Å². The number of amides is 3. The van der Waals surface area contributed by atoms with Crippen molar-refractivity contribution in [3.8, 4) is 0 Å². The van der Waals surface area contributed by atoms with E-state index in [4.69, 9.17) is 0 Å². The molecule has 28 heavy (non-hydrogen) atoms. The van der Waals surface area contributed by atoms with Gasteiger partial charge in [0.25, 0.3) is 5.91 Å². The van der Waals surface area contributed by atoms with Gasteiger partial charge in [-0.3, -0.25) is 19.7 Å². The largest absolute Gasteiger partial charge is 0.322 e. The number of carbonyl (C=O) groups excluding carboxylic acids is 3. The Morgan fingerprint density at radius 1 is 1.14 bits per heavy atom. The summed E-state index contributed by atoms with van der Waals surface area (Å²) in [6, 6.07) is 6.52. The summed E-state index contributed by atoms with van der Waals surface area (Å²) in [5.74, 6) is 0.0585. The third kappa shape index (κ3) is 3.12. The SMILES string of the molecule is O=C1CCC(N2Cc3cccc(CNC4CC5CNC(C5)C4)c3C2=O)C(=O)N1. The molecule has 3 N–H and O–H groups in total. The van der Waals surface area contributed by atoms with Crippen molar-refractivity contribution in [3.63, 3.8) is 0 Å². The van der Waals surface area contributed by atoms with Gasteiger partial charge < -0.3 is 15.5 Å². The zero-order valence-corrected chi connectivity index (χ0v) is 15.9. The van der Waals surface area contributed by atoms with Gasteiger partial charge in [0.1, 0.15) is 6.04 Å². The first-order valence-electron chi connectivity index (χ1n) is 10.3. The first kappa shape index (κ1) is 17.8. The van der Waals surface area contributed by atoms with Crippen molar-refractivity contribution in [1.82, 2.24) is 20.9 Å². The van der Waals surface area contributed by atoms with Crippen molar-refractivity contribution < 1.29 is 14.4 Å². The predicted molar refractivity (Wildman–Crippen MR) is 102 cm³/mol. The molecular weight excluding hydrogens is 356 g/mol. The summed E-state index contributed by atoms with van der Waals surface area (Å²) in [6.07, 6.45) is 4.30. The number of benzene rings is 1. The van der Waals surface area contributed by atoms with Gasteiger partial charge >= 0.3 is 0 Å². The van der Waals surface area contributed by atoms with E-state index in [2.05, 4.69) is 16.0 Å². The minimum absolute atomic E-state index is 0.0905. The molecule has 4 unspecified atom stereocenters. The highest BCUT2D eigenvalue weighted by Gasteiger charge is 2.40. The average Bonchev–Trinajstić information content (AvgIpc) is 3.19. The summed E-state index contributed by atoms with van der Waals surface area (Å²) >= 11 is 0. The number of carbonyl (C=O) groups is 3. The van der Waals surface area contributed by atoms with Crippen LogP contribution in [0.4, 0.5) is 0 Å². The molecule has 4 aliphatic rings. The molecule has 1 saturated carbocycles. The minimum atomic E-state index is -0.557. The fourth-order valence-electron chi connectivity index (χ4n) is 5.36. The molecule has 3 heterocycles. The lowest BCUT2D eigenvalue weighted by Gasteiger charge is -2.29. The number of hydrogen-bond acceptors (Lipinski definition) is 5. The van der Waals surface area contributed by atoms with Crippen LogP contribution in [0.2, 0.25) is 0 Å². The molecule has 3 fully saturated rings. The van der Waals surface area contributed by atoms with E-state index in [0.717, 1.165) is 35.6 Å². The molecule has 1 aliphatic carbocycles. The lowest BCUT2D eigenvalue weighted by Crippen LogP contribution is -2.52. The molecule has 1 aromatic rings. The van der Waals surface area contributed by atoms with E-state index >= 15 is 0 Å². The molecule has 0 spiro atoms. The van der Waals surface area contributed by atoms with Gasteiger partial charge in [0.15, 0.2) is 0 Å². The maximum absolute atomic E-state index is 13.1. The fourth-order valence-corrected chi connectivity index (χ4v) is 5.36. The molecule has 7 heteroatoms. The van der Waals surface area contributed by atoms with Crippen LogP contribution in [0.3, 0.4) is 0 Å². The first-order chi connectivity index (χ1) is 13.6. The third-order valence-electron chi connectivity index (χ3n) is 6.72. The van der Waals surface area contributed by atoms with Crippen LogP contribution >= 0.6 is 0 Å². The van der Waals surface area contributed by atoms with E-state index in [1.807, 2.05) is 18.2 Å². The Balaban J connectivity index is 1.30. The topological polar surface area (TPSA) is 90.5 Å². The summed E-state index contributed by atoms with van der Waals surface area (Å²) in [5.41, 5.74) is 2.71. The van der Waals surface area contributed by atoms with Crippen LogP contribution in [0.1, 0.15) is 53.6 Å². The number of imide groups is 1. The maximum atomic E-state index is 13.1. The molecule has 7 nitrogen and oxygen atoms in total. The first-order valence-corrected chi connectivity index (χ1v) is 10.3. The normalized spacial score (nSPS) is 31.9. The Morgan fingerprint density at radius 3 is 2.86 bits per heavy atom. The number of rotatable bonds is 4. The van der Waals surface area contributed by atoms with Crippen molar-refractivity contribution >= 4 is 17.7 Å². The summed E-state index contributed by atoms with van der Waals surface area (Å²) in [4.78, 5) is 38.4. The number of piperidine rings is 1. The second-order valence-corrected chi connectivity index (χ2v) is 8.61. The average molecular weight is 382 g/mol. The number of nitrogens with one attached hydrogen (secondary N) is 3. The molecule has 148 valence electrons. The fraction of sp³-hybridized carbons (Fsp3) is 0.571. The molecule has 3 aliphatic heterocycles. The molecule has 2 bridgehead atoms. The van der Waals surface area contributed by atoms with Crippen LogP contribution in [0.25, 0.3) is 0 Å². The van der Waals surface area contributed by atoms with Crippen LogP contribution < -0.4 is 16.0 Å². The van der Waals surface area contributed by atoms with E-state index < -0.39 is 6.04 Å². The van der Waals surface area contributed by atoms with Crippen LogP contribution in [-0.2, 0) is 22.7 Å². The molecule has 2 saturated heterocycles. The summed E-state index contributed by atoms with van der Waals surface area (Å²) in [5, 5.41) is 9.61. The molecule has 0 radical (unpaired) electrons. The van der Waals surface area contributed by atoms with Gasteiger partial charge in [-0.1, -0.05) is 18.2 Å². The Kier molecular flexibility index (Phi) is 4.44. The lowest BCUT2D eigenvalue weighted by atomic mass is 9.86. The van der Waals surface area contributed by atoms with E-state index in [9.17, 15) is 14.4 Å².